The molecule has 0 unspecified atom stereocenters. The molecule has 6 heteroatoms. The summed E-state index contributed by atoms with van der Waals surface area (Å²) < 4.78 is 28.9. The largest absolute Gasteiger partial charge is 0.396 e. The second kappa shape index (κ2) is 5.29. The summed E-state index contributed by atoms with van der Waals surface area (Å²) in [7, 11) is 0. The first-order valence-electron chi connectivity index (χ1n) is 6.12. The Morgan fingerprint density at radius 1 is 1.10 bits per heavy atom. The van der Waals surface area contributed by atoms with E-state index in [2.05, 4.69) is 21.0 Å². The van der Waals surface area contributed by atoms with Crippen LogP contribution in [0.4, 0.5) is 14.5 Å². The Labute approximate surface area is 128 Å². The van der Waals surface area contributed by atoms with Gasteiger partial charge in [-0.25, -0.2) is 13.5 Å². The molecule has 106 valence electrons. The number of nitrogens with two attached hydrogens (primary N) is 1. The van der Waals surface area contributed by atoms with Crippen LogP contribution in [0.3, 0.4) is 0 Å². The topological polar surface area (TPSA) is 43.8 Å². The number of nitrogen functional groups attached to an aromatic ring is 1. The van der Waals surface area contributed by atoms with E-state index >= 15 is 0 Å². The first kappa shape index (κ1) is 13.8. The van der Waals surface area contributed by atoms with E-state index in [0.29, 0.717) is 11.4 Å². The van der Waals surface area contributed by atoms with Gasteiger partial charge >= 0.3 is 0 Å². The Hall–Kier alpha value is -2.21. The van der Waals surface area contributed by atoms with Gasteiger partial charge in [0.1, 0.15) is 17.2 Å². The summed E-state index contributed by atoms with van der Waals surface area (Å²) in [5, 5.41) is 4.30. The lowest BCUT2D eigenvalue weighted by Gasteiger charge is -2.03. The van der Waals surface area contributed by atoms with Crippen LogP contribution in [0.2, 0.25) is 0 Å². The highest BCUT2D eigenvalue weighted by Crippen LogP contribution is 2.31. The van der Waals surface area contributed by atoms with Gasteiger partial charge in [-0.2, -0.15) is 5.10 Å². The molecule has 0 fully saturated rings. The minimum absolute atomic E-state index is 0.140. The average molecular weight is 350 g/mol. The summed E-state index contributed by atoms with van der Waals surface area (Å²) >= 11 is 3.43. The highest BCUT2D eigenvalue weighted by molar-refractivity contribution is 9.10. The maximum absolute atomic E-state index is 13.8. The van der Waals surface area contributed by atoms with E-state index in [1.54, 1.807) is 0 Å². The third-order valence-corrected chi connectivity index (χ3v) is 3.72. The molecular weight excluding hydrogens is 340 g/mol. The lowest BCUT2D eigenvalue weighted by molar-refractivity contribution is 0.574. The number of hydrogen-bond acceptors (Lipinski definition) is 2. The molecule has 3 rings (SSSR count). The Morgan fingerprint density at radius 3 is 2.57 bits per heavy atom. The van der Waals surface area contributed by atoms with Gasteiger partial charge in [0.15, 0.2) is 5.82 Å². The van der Waals surface area contributed by atoms with E-state index in [4.69, 9.17) is 5.73 Å². The normalized spacial score (nSPS) is 10.8. The molecule has 1 aromatic heterocycles. The van der Waals surface area contributed by atoms with Crippen molar-refractivity contribution < 1.29 is 8.78 Å². The smallest absolute Gasteiger partial charge is 0.151 e. The first-order chi connectivity index (χ1) is 10.1. The SMILES string of the molecule is Nc1cn(-c2ccc(F)cc2F)nc1-c1ccccc1Br. The Balaban J connectivity index is 2.12. The zero-order valence-corrected chi connectivity index (χ0v) is 12.3. The number of hydrogen-bond donors (Lipinski definition) is 1. The Morgan fingerprint density at radius 2 is 1.86 bits per heavy atom. The third kappa shape index (κ3) is 2.54. The summed E-state index contributed by atoms with van der Waals surface area (Å²) in [4.78, 5) is 0. The van der Waals surface area contributed by atoms with E-state index in [9.17, 15) is 8.78 Å². The van der Waals surface area contributed by atoms with Crippen molar-refractivity contribution in [2.75, 3.05) is 5.73 Å². The average Bonchev–Trinajstić information content (AvgIpc) is 2.81. The number of anilines is 1. The van der Waals surface area contributed by atoms with E-state index in [-0.39, 0.29) is 5.69 Å². The summed E-state index contributed by atoms with van der Waals surface area (Å²) in [5.74, 6) is -1.33. The fourth-order valence-corrected chi connectivity index (χ4v) is 2.51. The molecule has 3 nitrogen and oxygen atoms in total. The maximum atomic E-state index is 13.8. The lowest BCUT2D eigenvalue weighted by atomic mass is 10.1. The van der Waals surface area contributed by atoms with Gasteiger partial charge in [-0.15, -0.1) is 0 Å². The second-order valence-corrected chi connectivity index (χ2v) is 5.31. The predicted molar refractivity (Wildman–Crippen MR) is 81.0 cm³/mol. The summed E-state index contributed by atoms with van der Waals surface area (Å²) in [6.45, 7) is 0. The molecule has 0 aliphatic rings. The fourth-order valence-electron chi connectivity index (χ4n) is 2.04. The number of halogens is 3. The van der Waals surface area contributed by atoms with Gasteiger partial charge in [0.25, 0.3) is 0 Å². The molecule has 0 amide bonds. The predicted octanol–water partition coefficient (Wildman–Crippen LogP) is 4.16. The van der Waals surface area contributed by atoms with Gasteiger partial charge in [0.05, 0.1) is 11.9 Å². The molecule has 0 aliphatic carbocycles. The van der Waals surface area contributed by atoms with Crippen molar-refractivity contribution in [3.05, 3.63) is 64.8 Å². The van der Waals surface area contributed by atoms with E-state index in [1.807, 2.05) is 24.3 Å². The molecule has 2 aromatic carbocycles. The van der Waals surface area contributed by atoms with Gasteiger partial charge in [0, 0.05) is 16.1 Å². The van der Waals surface area contributed by atoms with Crippen LogP contribution in [-0.2, 0) is 0 Å². The second-order valence-electron chi connectivity index (χ2n) is 4.45. The van der Waals surface area contributed by atoms with Crippen LogP contribution in [0, 0.1) is 11.6 Å². The zero-order valence-electron chi connectivity index (χ0n) is 10.7. The molecule has 21 heavy (non-hydrogen) atoms. The molecule has 0 aliphatic heterocycles. The van der Waals surface area contributed by atoms with Crippen LogP contribution in [-0.4, -0.2) is 9.78 Å². The standard InChI is InChI=1S/C15H10BrF2N3/c16-11-4-2-1-3-10(11)15-13(19)8-21(20-15)14-6-5-9(17)7-12(14)18/h1-8H,19H2. The van der Waals surface area contributed by atoms with Crippen molar-refractivity contribution in [2.24, 2.45) is 0 Å². The number of aromatic nitrogens is 2. The van der Waals surface area contributed by atoms with Crippen molar-refractivity contribution in [3.8, 4) is 16.9 Å². The van der Waals surface area contributed by atoms with Crippen molar-refractivity contribution in [3.63, 3.8) is 0 Å². The van der Waals surface area contributed by atoms with E-state index in [0.717, 1.165) is 16.1 Å². The first-order valence-corrected chi connectivity index (χ1v) is 6.91. The monoisotopic (exact) mass is 349 g/mol. The lowest BCUT2D eigenvalue weighted by Crippen LogP contribution is -1.99. The molecule has 0 radical (unpaired) electrons. The maximum Gasteiger partial charge on any atom is 0.151 e. The van der Waals surface area contributed by atoms with Gasteiger partial charge in [-0.3, -0.25) is 0 Å². The van der Waals surface area contributed by atoms with Crippen LogP contribution in [0.1, 0.15) is 0 Å². The molecule has 1 heterocycles. The van der Waals surface area contributed by atoms with Gasteiger partial charge < -0.3 is 5.73 Å². The Kier molecular flexibility index (Phi) is 3.47. The molecule has 0 atom stereocenters. The van der Waals surface area contributed by atoms with Gasteiger partial charge in [-0.1, -0.05) is 34.1 Å². The highest BCUT2D eigenvalue weighted by atomic mass is 79.9. The van der Waals surface area contributed by atoms with E-state index in [1.165, 1.54) is 23.0 Å². The quantitative estimate of drug-likeness (QED) is 0.754. The van der Waals surface area contributed by atoms with Gasteiger partial charge in [0.2, 0.25) is 0 Å². The summed E-state index contributed by atoms with van der Waals surface area (Å²) in [6, 6.07) is 10.8. The molecule has 3 aromatic rings. The van der Waals surface area contributed by atoms with Crippen molar-refractivity contribution in [1.82, 2.24) is 9.78 Å². The fraction of sp³-hybridized carbons (Fsp3) is 0. The molecule has 0 saturated carbocycles. The molecular formula is C15H10BrF2N3. The Bertz CT molecular complexity index is 814. The minimum Gasteiger partial charge on any atom is -0.396 e. The molecule has 2 N–H and O–H groups in total. The van der Waals surface area contributed by atoms with Crippen LogP contribution >= 0.6 is 15.9 Å². The van der Waals surface area contributed by atoms with E-state index < -0.39 is 11.6 Å². The zero-order chi connectivity index (χ0) is 15.0. The molecule has 0 spiro atoms. The number of benzene rings is 2. The van der Waals surface area contributed by atoms with Crippen molar-refractivity contribution in [1.29, 1.82) is 0 Å². The summed E-state index contributed by atoms with van der Waals surface area (Å²) in [5.41, 5.74) is 7.84. The van der Waals surface area contributed by atoms with Crippen LogP contribution < -0.4 is 5.73 Å². The number of nitrogens with zero attached hydrogens (tertiary/aromatic N) is 2. The molecule has 0 saturated heterocycles. The molecule has 0 bridgehead atoms. The van der Waals surface area contributed by atoms with Gasteiger partial charge in [-0.05, 0) is 18.2 Å². The third-order valence-electron chi connectivity index (χ3n) is 3.03. The number of rotatable bonds is 2. The van der Waals surface area contributed by atoms with Crippen LogP contribution in [0.15, 0.2) is 53.1 Å². The highest BCUT2D eigenvalue weighted by Gasteiger charge is 2.14. The van der Waals surface area contributed by atoms with Crippen molar-refractivity contribution in [2.45, 2.75) is 0 Å². The summed E-state index contributed by atoms with van der Waals surface area (Å²) in [6.07, 6.45) is 1.51. The minimum atomic E-state index is -0.698. The van der Waals surface area contributed by atoms with Crippen LogP contribution in [0.25, 0.3) is 16.9 Å². The van der Waals surface area contributed by atoms with Crippen molar-refractivity contribution >= 4 is 21.6 Å². The van der Waals surface area contributed by atoms with Crippen LogP contribution in [0.5, 0.6) is 0 Å².